The Bertz CT molecular complexity index is 1090. The number of carbonyl (C=O) groups excluding carboxylic acids is 2. The molecular formula is C22H19ClN2O4S. The number of aromatic nitrogens is 1. The highest BCUT2D eigenvalue weighted by atomic mass is 35.5. The smallest absolute Gasteiger partial charge is 0.337 e. The van der Waals surface area contributed by atoms with E-state index in [0.717, 1.165) is 16.3 Å². The van der Waals surface area contributed by atoms with E-state index in [-0.39, 0.29) is 5.56 Å². The van der Waals surface area contributed by atoms with Crippen LogP contribution in [0.15, 0.2) is 53.9 Å². The number of benzene rings is 2. The third-order valence-corrected chi connectivity index (χ3v) is 5.17. The zero-order chi connectivity index (χ0) is 21.5. The second-order valence-corrected chi connectivity index (χ2v) is 7.66. The van der Waals surface area contributed by atoms with Gasteiger partial charge in [0.25, 0.3) is 0 Å². The van der Waals surface area contributed by atoms with Crippen molar-refractivity contribution >= 4 is 46.6 Å². The number of thiazole rings is 1. The minimum Gasteiger partial charge on any atom is -0.487 e. The highest BCUT2D eigenvalue weighted by Gasteiger charge is 2.10. The number of aryl methyl sites for hydroxylation is 1. The van der Waals surface area contributed by atoms with Gasteiger partial charge >= 0.3 is 5.97 Å². The molecule has 1 amide bonds. The normalized spacial score (nSPS) is 10.8. The van der Waals surface area contributed by atoms with Gasteiger partial charge in [-0.15, -0.1) is 11.3 Å². The first kappa shape index (κ1) is 21.5. The van der Waals surface area contributed by atoms with E-state index in [2.05, 4.69) is 15.0 Å². The molecule has 0 saturated carbocycles. The number of amides is 1. The Morgan fingerprint density at radius 2 is 2.03 bits per heavy atom. The van der Waals surface area contributed by atoms with Crippen LogP contribution in [0.1, 0.15) is 26.6 Å². The summed E-state index contributed by atoms with van der Waals surface area (Å²) in [6.07, 6.45) is 3.02. The second-order valence-electron chi connectivity index (χ2n) is 6.19. The van der Waals surface area contributed by atoms with E-state index >= 15 is 0 Å². The largest absolute Gasteiger partial charge is 0.487 e. The van der Waals surface area contributed by atoms with Crippen molar-refractivity contribution in [3.8, 4) is 5.75 Å². The number of nitrogens with one attached hydrogen (secondary N) is 1. The molecule has 0 radical (unpaired) electrons. The molecule has 0 aliphatic heterocycles. The average Bonchev–Trinajstić information content (AvgIpc) is 3.17. The number of methoxy groups -OCH3 is 1. The molecule has 0 bridgehead atoms. The average molecular weight is 443 g/mol. The van der Waals surface area contributed by atoms with Gasteiger partial charge in [-0.2, -0.15) is 0 Å². The Morgan fingerprint density at radius 3 is 2.77 bits per heavy atom. The molecule has 0 fully saturated rings. The lowest BCUT2D eigenvalue weighted by atomic mass is 10.1. The number of halogens is 1. The Labute approximate surface area is 183 Å². The molecule has 0 saturated heterocycles. The van der Waals surface area contributed by atoms with E-state index in [1.807, 2.05) is 36.6 Å². The van der Waals surface area contributed by atoms with E-state index in [4.69, 9.17) is 16.3 Å². The van der Waals surface area contributed by atoms with Gasteiger partial charge in [0.05, 0.1) is 34.1 Å². The second kappa shape index (κ2) is 10.0. The maximum atomic E-state index is 12.4. The standard InChI is InChI=1S/C22H19ClN2O4S/c1-14-24-17(13-30-14)12-29-20-6-4-3-5-15(20)8-10-21(26)25-19-11-16(22(27)28-2)7-9-18(19)23/h3-11,13H,12H2,1-2H3,(H,25,26)/b10-8+. The molecule has 0 atom stereocenters. The number of anilines is 1. The zero-order valence-corrected chi connectivity index (χ0v) is 17.9. The van der Waals surface area contributed by atoms with E-state index in [1.54, 1.807) is 17.4 Å². The van der Waals surface area contributed by atoms with Gasteiger partial charge in [-0.3, -0.25) is 4.79 Å². The fraction of sp³-hybridized carbons (Fsp3) is 0.136. The molecular weight excluding hydrogens is 424 g/mol. The van der Waals surface area contributed by atoms with E-state index in [1.165, 1.54) is 31.4 Å². The SMILES string of the molecule is COC(=O)c1ccc(Cl)c(NC(=O)/C=C/c2ccccc2OCc2csc(C)n2)c1. The molecule has 154 valence electrons. The van der Waals surface area contributed by atoms with Crippen LogP contribution in [0.25, 0.3) is 6.08 Å². The Hall–Kier alpha value is -3.16. The summed E-state index contributed by atoms with van der Waals surface area (Å²) in [6, 6.07) is 11.9. The molecule has 8 heteroatoms. The number of ether oxygens (including phenoxy) is 2. The van der Waals surface area contributed by atoms with Gasteiger partial charge < -0.3 is 14.8 Å². The maximum absolute atomic E-state index is 12.4. The summed E-state index contributed by atoms with van der Waals surface area (Å²) in [4.78, 5) is 28.4. The molecule has 1 heterocycles. The van der Waals surface area contributed by atoms with Crippen molar-refractivity contribution < 1.29 is 19.1 Å². The van der Waals surface area contributed by atoms with Crippen molar-refractivity contribution in [2.75, 3.05) is 12.4 Å². The quantitative estimate of drug-likeness (QED) is 0.405. The number of hydrogen-bond acceptors (Lipinski definition) is 6. The molecule has 1 N–H and O–H groups in total. The molecule has 0 spiro atoms. The molecule has 2 aromatic carbocycles. The van der Waals surface area contributed by atoms with Crippen LogP contribution in [0.4, 0.5) is 5.69 Å². The number of nitrogens with zero attached hydrogens (tertiary/aromatic N) is 1. The Morgan fingerprint density at radius 1 is 1.23 bits per heavy atom. The van der Waals surface area contributed by atoms with Gasteiger partial charge in [-0.25, -0.2) is 9.78 Å². The lowest BCUT2D eigenvalue weighted by Crippen LogP contribution is -2.10. The first-order valence-electron chi connectivity index (χ1n) is 8.96. The highest BCUT2D eigenvalue weighted by Crippen LogP contribution is 2.24. The Kier molecular flexibility index (Phi) is 7.21. The summed E-state index contributed by atoms with van der Waals surface area (Å²) < 4.78 is 10.5. The van der Waals surface area contributed by atoms with Crippen molar-refractivity contribution in [2.45, 2.75) is 13.5 Å². The number of carbonyl (C=O) groups is 2. The predicted octanol–water partition coefficient (Wildman–Crippen LogP) is 5.12. The van der Waals surface area contributed by atoms with Crippen LogP contribution in [0.5, 0.6) is 5.75 Å². The van der Waals surface area contributed by atoms with Gasteiger partial charge in [0.1, 0.15) is 12.4 Å². The number of para-hydroxylation sites is 1. The number of esters is 1. The molecule has 3 aromatic rings. The molecule has 0 aliphatic rings. The minimum absolute atomic E-state index is 0.289. The van der Waals surface area contributed by atoms with Crippen molar-refractivity contribution in [3.63, 3.8) is 0 Å². The zero-order valence-electron chi connectivity index (χ0n) is 16.3. The molecule has 0 unspecified atom stereocenters. The summed E-state index contributed by atoms with van der Waals surface area (Å²) in [5.41, 5.74) is 2.21. The van der Waals surface area contributed by atoms with Crippen molar-refractivity contribution in [2.24, 2.45) is 0 Å². The molecule has 30 heavy (non-hydrogen) atoms. The van der Waals surface area contributed by atoms with Crippen LogP contribution in [0.3, 0.4) is 0 Å². The third kappa shape index (κ3) is 5.68. The first-order chi connectivity index (χ1) is 14.5. The monoisotopic (exact) mass is 442 g/mol. The van der Waals surface area contributed by atoms with E-state index < -0.39 is 11.9 Å². The van der Waals surface area contributed by atoms with E-state index in [0.29, 0.717) is 23.1 Å². The predicted molar refractivity (Wildman–Crippen MR) is 118 cm³/mol. The van der Waals surface area contributed by atoms with Crippen LogP contribution in [0.2, 0.25) is 5.02 Å². The first-order valence-corrected chi connectivity index (χ1v) is 10.2. The fourth-order valence-electron chi connectivity index (χ4n) is 2.58. The van der Waals surface area contributed by atoms with Gasteiger partial charge in [-0.1, -0.05) is 29.8 Å². The van der Waals surface area contributed by atoms with Gasteiger partial charge in [0.2, 0.25) is 5.91 Å². The van der Waals surface area contributed by atoms with Gasteiger partial charge in [0.15, 0.2) is 0 Å². The summed E-state index contributed by atoms with van der Waals surface area (Å²) in [5.74, 6) is -0.277. The summed E-state index contributed by atoms with van der Waals surface area (Å²) in [5, 5.41) is 5.91. The topological polar surface area (TPSA) is 77.5 Å². The molecule has 6 nitrogen and oxygen atoms in total. The third-order valence-electron chi connectivity index (χ3n) is 4.02. The van der Waals surface area contributed by atoms with Crippen LogP contribution in [-0.4, -0.2) is 24.0 Å². The number of rotatable bonds is 7. The lowest BCUT2D eigenvalue weighted by molar-refractivity contribution is -0.111. The highest BCUT2D eigenvalue weighted by molar-refractivity contribution is 7.09. The van der Waals surface area contributed by atoms with Crippen LogP contribution in [-0.2, 0) is 16.1 Å². The molecule has 3 rings (SSSR count). The van der Waals surface area contributed by atoms with Crippen LogP contribution >= 0.6 is 22.9 Å². The molecule has 1 aromatic heterocycles. The van der Waals surface area contributed by atoms with Crippen molar-refractivity contribution in [1.29, 1.82) is 0 Å². The summed E-state index contributed by atoms with van der Waals surface area (Å²) in [7, 11) is 1.28. The van der Waals surface area contributed by atoms with Crippen molar-refractivity contribution in [1.82, 2.24) is 4.98 Å². The maximum Gasteiger partial charge on any atom is 0.337 e. The fourth-order valence-corrected chi connectivity index (χ4v) is 3.34. The minimum atomic E-state index is -0.515. The van der Waals surface area contributed by atoms with Gasteiger partial charge in [-0.05, 0) is 37.3 Å². The summed E-state index contributed by atoms with van der Waals surface area (Å²) in [6.45, 7) is 2.29. The van der Waals surface area contributed by atoms with Gasteiger partial charge in [0, 0.05) is 17.0 Å². The van der Waals surface area contributed by atoms with Crippen LogP contribution < -0.4 is 10.1 Å². The van der Waals surface area contributed by atoms with Crippen LogP contribution in [0, 0.1) is 6.92 Å². The summed E-state index contributed by atoms with van der Waals surface area (Å²) >= 11 is 7.68. The molecule has 0 aliphatic carbocycles. The lowest BCUT2D eigenvalue weighted by Gasteiger charge is -2.09. The number of hydrogen-bond donors (Lipinski definition) is 1. The van der Waals surface area contributed by atoms with E-state index in [9.17, 15) is 9.59 Å². The van der Waals surface area contributed by atoms with Crippen molar-refractivity contribution in [3.05, 3.63) is 80.8 Å². The Balaban J connectivity index is 1.69.